The summed E-state index contributed by atoms with van der Waals surface area (Å²) in [7, 11) is 0. The standard InChI is InChI=1S/C26H35ClN2O3/c1-25(2,3)32-24(31)29-22(16-19-9-5-4-6-10-19)23(30)18-28-26(13-8-14-26)17-20-11-7-12-21(27)15-20/h4-7,9-12,15,22-23,28,30H,8,13-14,16-18H2,1-3H3,(H,29,31)/t22-,23-/m0/s1. The van der Waals surface area contributed by atoms with Gasteiger partial charge in [0.05, 0.1) is 12.1 Å². The number of nitrogens with one attached hydrogen (secondary N) is 2. The zero-order valence-electron chi connectivity index (χ0n) is 19.2. The average molecular weight is 459 g/mol. The van der Waals surface area contributed by atoms with Gasteiger partial charge in [-0.2, -0.15) is 0 Å². The summed E-state index contributed by atoms with van der Waals surface area (Å²) in [5.74, 6) is 0. The van der Waals surface area contributed by atoms with Gasteiger partial charge in [-0.15, -0.1) is 0 Å². The molecule has 0 spiro atoms. The summed E-state index contributed by atoms with van der Waals surface area (Å²) in [6.45, 7) is 5.86. The molecule has 0 heterocycles. The Morgan fingerprint density at radius 1 is 1.12 bits per heavy atom. The van der Waals surface area contributed by atoms with Crippen molar-refractivity contribution in [1.82, 2.24) is 10.6 Å². The van der Waals surface area contributed by atoms with Crippen LogP contribution in [0.25, 0.3) is 0 Å². The maximum Gasteiger partial charge on any atom is 0.407 e. The first-order chi connectivity index (χ1) is 15.1. The van der Waals surface area contributed by atoms with Crippen LogP contribution in [0.4, 0.5) is 4.79 Å². The van der Waals surface area contributed by atoms with Crippen molar-refractivity contribution in [1.29, 1.82) is 0 Å². The smallest absolute Gasteiger partial charge is 0.407 e. The summed E-state index contributed by atoms with van der Waals surface area (Å²) in [5, 5.41) is 18.3. The first-order valence-corrected chi connectivity index (χ1v) is 11.7. The van der Waals surface area contributed by atoms with Crippen molar-refractivity contribution in [2.75, 3.05) is 6.54 Å². The summed E-state index contributed by atoms with van der Waals surface area (Å²) in [6, 6.07) is 17.3. The van der Waals surface area contributed by atoms with Crippen LogP contribution in [-0.2, 0) is 17.6 Å². The molecule has 1 aliphatic rings. The van der Waals surface area contributed by atoms with Crippen molar-refractivity contribution in [3.63, 3.8) is 0 Å². The van der Waals surface area contributed by atoms with E-state index < -0.39 is 23.8 Å². The molecule has 6 heteroatoms. The van der Waals surface area contributed by atoms with Crippen LogP contribution in [0.15, 0.2) is 54.6 Å². The quantitative estimate of drug-likeness (QED) is 0.500. The molecule has 2 aromatic carbocycles. The third kappa shape index (κ3) is 7.51. The zero-order chi connectivity index (χ0) is 23.2. The van der Waals surface area contributed by atoms with Crippen LogP contribution in [-0.4, -0.2) is 41.0 Å². The molecule has 5 nitrogen and oxygen atoms in total. The predicted octanol–water partition coefficient (Wildman–Crippen LogP) is 4.89. The number of hydrogen-bond acceptors (Lipinski definition) is 4. The van der Waals surface area contributed by atoms with Crippen molar-refractivity contribution in [2.45, 2.75) is 76.2 Å². The van der Waals surface area contributed by atoms with E-state index >= 15 is 0 Å². The summed E-state index contributed by atoms with van der Waals surface area (Å²) < 4.78 is 5.43. The second-order valence-corrected chi connectivity index (χ2v) is 10.3. The number of ether oxygens (including phenoxy) is 1. The molecule has 0 aliphatic heterocycles. The molecule has 0 radical (unpaired) electrons. The molecule has 1 fully saturated rings. The highest BCUT2D eigenvalue weighted by molar-refractivity contribution is 6.30. The predicted molar refractivity (Wildman–Crippen MR) is 129 cm³/mol. The van der Waals surface area contributed by atoms with Crippen LogP contribution >= 0.6 is 11.6 Å². The summed E-state index contributed by atoms with van der Waals surface area (Å²) in [5.41, 5.74) is 1.59. The number of carbonyl (C=O) groups excluding carboxylic acids is 1. The monoisotopic (exact) mass is 458 g/mol. The number of amides is 1. The lowest BCUT2D eigenvalue weighted by molar-refractivity contribution is 0.0401. The van der Waals surface area contributed by atoms with Crippen molar-refractivity contribution in [2.24, 2.45) is 0 Å². The fraction of sp³-hybridized carbons (Fsp3) is 0.500. The molecule has 3 rings (SSSR count). The van der Waals surface area contributed by atoms with Crippen LogP contribution in [0.2, 0.25) is 5.02 Å². The van der Waals surface area contributed by atoms with Gasteiger partial charge in [0.1, 0.15) is 5.60 Å². The molecule has 32 heavy (non-hydrogen) atoms. The number of alkyl carbamates (subject to hydrolysis) is 1. The van der Waals surface area contributed by atoms with Crippen LogP contribution in [0, 0.1) is 0 Å². The lowest BCUT2D eigenvalue weighted by Crippen LogP contribution is -2.57. The third-order valence-electron chi connectivity index (χ3n) is 5.89. The molecule has 0 bridgehead atoms. The van der Waals surface area contributed by atoms with E-state index in [1.807, 2.05) is 69.3 Å². The van der Waals surface area contributed by atoms with Gasteiger partial charge in [0, 0.05) is 17.1 Å². The zero-order valence-corrected chi connectivity index (χ0v) is 20.0. The Kier molecular flexibility index (Phi) is 8.21. The first kappa shape index (κ1) is 24.6. The van der Waals surface area contributed by atoms with Crippen LogP contribution in [0.1, 0.15) is 51.2 Å². The lowest BCUT2D eigenvalue weighted by atomic mass is 9.72. The summed E-state index contributed by atoms with van der Waals surface area (Å²) in [4.78, 5) is 12.4. The number of aliphatic hydroxyl groups excluding tert-OH is 1. The van der Waals surface area contributed by atoms with E-state index in [2.05, 4.69) is 16.7 Å². The Labute approximate surface area is 196 Å². The first-order valence-electron chi connectivity index (χ1n) is 11.4. The fourth-order valence-electron chi connectivity index (χ4n) is 4.13. The van der Waals surface area contributed by atoms with Gasteiger partial charge in [-0.3, -0.25) is 0 Å². The Balaban J connectivity index is 1.65. The molecule has 3 N–H and O–H groups in total. The van der Waals surface area contributed by atoms with Crippen molar-refractivity contribution in [3.8, 4) is 0 Å². The number of aliphatic hydroxyl groups is 1. The maximum absolute atomic E-state index is 12.4. The molecule has 0 unspecified atom stereocenters. The van der Waals surface area contributed by atoms with E-state index in [0.717, 1.165) is 36.3 Å². The van der Waals surface area contributed by atoms with Crippen molar-refractivity contribution >= 4 is 17.7 Å². The van der Waals surface area contributed by atoms with Gasteiger partial charge in [-0.05, 0) is 76.1 Å². The SMILES string of the molecule is CC(C)(C)OC(=O)N[C@@H](Cc1ccccc1)[C@@H](O)CNC1(Cc2cccc(Cl)c2)CCC1. The molecule has 174 valence electrons. The van der Waals surface area contributed by atoms with Crippen molar-refractivity contribution in [3.05, 3.63) is 70.7 Å². The maximum atomic E-state index is 12.4. The topological polar surface area (TPSA) is 70.6 Å². The van der Waals surface area contributed by atoms with Gasteiger partial charge in [0.15, 0.2) is 0 Å². The Morgan fingerprint density at radius 2 is 1.81 bits per heavy atom. The fourth-order valence-corrected chi connectivity index (χ4v) is 4.34. The minimum atomic E-state index is -0.764. The molecule has 1 amide bonds. The summed E-state index contributed by atoms with van der Waals surface area (Å²) in [6.07, 6.45) is 3.36. The minimum Gasteiger partial charge on any atom is -0.444 e. The molecule has 2 aromatic rings. The Morgan fingerprint density at radius 3 is 2.41 bits per heavy atom. The molecular formula is C26H35ClN2O3. The van der Waals surface area contributed by atoms with Crippen molar-refractivity contribution < 1.29 is 14.6 Å². The van der Waals surface area contributed by atoms with Gasteiger partial charge in [-0.1, -0.05) is 54.1 Å². The molecule has 1 aliphatic carbocycles. The molecular weight excluding hydrogens is 424 g/mol. The number of β-amino-alcohol motifs (C(OH)–C–C–N with tert-alkyl or cyclic N) is 1. The third-order valence-corrected chi connectivity index (χ3v) is 6.13. The van der Waals surface area contributed by atoms with E-state index in [1.165, 1.54) is 5.56 Å². The van der Waals surface area contributed by atoms with E-state index in [0.29, 0.717) is 13.0 Å². The lowest BCUT2D eigenvalue weighted by Gasteiger charge is -2.44. The van der Waals surface area contributed by atoms with Gasteiger partial charge in [0.25, 0.3) is 0 Å². The van der Waals surface area contributed by atoms with E-state index in [1.54, 1.807) is 0 Å². The number of benzene rings is 2. The average Bonchev–Trinajstić information content (AvgIpc) is 2.68. The second-order valence-electron chi connectivity index (χ2n) is 9.83. The van der Waals surface area contributed by atoms with E-state index in [9.17, 15) is 9.90 Å². The minimum absolute atomic E-state index is 0.0467. The summed E-state index contributed by atoms with van der Waals surface area (Å²) >= 11 is 6.16. The van der Waals surface area contributed by atoms with Crippen LogP contribution < -0.4 is 10.6 Å². The largest absolute Gasteiger partial charge is 0.444 e. The normalized spacial score (nSPS) is 17.2. The number of hydrogen-bond donors (Lipinski definition) is 3. The number of halogens is 1. The molecule has 0 saturated heterocycles. The van der Waals surface area contributed by atoms with E-state index in [4.69, 9.17) is 16.3 Å². The van der Waals surface area contributed by atoms with E-state index in [-0.39, 0.29) is 5.54 Å². The highest BCUT2D eigenvalue weighted by Gasteiger charge is 2.37. The molecule has 1 saturated carbocycles. The molecule has 0 aromatic heterocycles. The van der Waals surface area contributed by atoms with Crippen LogP contribution in [0.3, 0.4) is 0 Å². The highest BCUT2D eigenvalue weighted by atomic mass is 35.5. The Bertz CT molecular complexity index is 878. The van der Waals surface area contributed by atoms with Gasteiger partial charge in [0.2, 0.25) is 0 Å². The van der Waals surface area contributed by atoms with Gasteiger partial charge < -0.3 is 20.5 Å². The molecule has 2 atom stereocenters. The van der Waals surface area contributed by atoms with Gasteiger partial charge in [-0.25, -0.2) is 4.79 Å². The second kappa shape index (κ2) is 10.7. The van der Waals surface area contributed by atoms with Gasteiger partial charge >= 0.3 is 6.09 Å². The highest BCUT2D eigenvalue weighted by Crippen LogP contribution is 2.35. The number of carbonyl (C=O) groups is 1. The van der Waals surface area contributed by atoms with Crippen LogP contribution in [0.5, 0.6) is 0 Å². The number of rotatable bonds is 9. The Hall–Kier alpha value is -2.08.